The summed E-state index contributed by atoms with van der Waals surface area (Å²) in [6.45, 7) is 4.49. The average Bonchev–Trinajstić information content (AvgIpc) is 3.71. The molecule has 3 aromatic heterocycles. The highest BCUT2D eigenvalue weighted by atomic mass is 16.5. The molecule has 5 aromatic carbocycles. The quantitative estimate of drug-likeness (QED) is 0.112. The van der Waals surface area contributed by atoms with Crippen LogP contribution in [0.2, 0.25) is 0 Å². The van der Waals surface area contributed by atoms with Crippen LogP contribution in [0.5, 0.6) is 11.5 Å². The molecule has 238 valence electrons. The number of pyridine rings is 1. The van der Waals surface area contributed by atoms with Gasteiger partial charge in [0.05, 0.1) is 52.4 Å². The molecular weight excluding hydrogens is 603 g/mol. The fourth-order valence-corrected chi connectivity index (χ4v) is 7.72. The largest absolute Gasteiger partial charge is 0.458 e. The molecule has 0 aliphatic carbocycles. The summed E-state index contributed by atoms with van der Waals surface area (Å²) in [7, 11) is 6.36. The van der Waals surface area contributed by atoms with Crippen LogP contribution in [-0.2, 0) is 7.05 Å². The third-order valence-corrected chi connectivity index (χ3v) is 10.1. The maximum Gasteiger partial charge on any atom is 0.411 e. The van der Waals surface area contributed by atoms with Crippen LogP contribution >= 0.6 is 0 Å². The molecule has 7 nitrogen and oxygen atoms in total. The number of ether oxygens (including phenoxy) is 1. The molecule has 4 heterocycles. The molecule has 0 fully saturated rings. The number of para-hydroxylation sites is 3. The summed E-state index contributed by atoms with van der Waals surface area (Å²) in [5.41, 5.74) is 11.5. The van der Waals surface area contributed by atoms with E-state index < -0.39 is 0 Å². The maximum absolute atomic E-state index is 6.56. The van der Waals surface area contributed by atoms with Crippen molar-refractivity contribution in [2.75, 3.05) is 23.7 Å². The maximum atomic E-state index is 6.56. The van der Waals surface area contributed by atoms with Crippen LogP contribution in [0, 0.1) is 20.2 Å². The minimum atomic E-state index is 0.0896. The molecule has 0 atom stereocenters. The summed E-state index contributed by atoms with van der Waals surface area (Å²) in [5, 5.41) is 2.33. The van der Waals surface area contributed by atoms with Crippen LogP contribution in [0.4, 0.5) is 11.4 Å². The Hall–Kier alpha value is -6.02. The summed E-state index contributed by atoms with van der Waals surface area (Å²) < 4.78 is 12.9. The standard InChI is InChI=1S/C41H35BN6O/c1-27-12-10-13-28(2)41(27)42-45(4)38-24-40(43-25-39(38)46(42)5)48-34-17-7-6-16-32(34)33-21-20-31(23-37(33)48)49-30-15-11-14-29(22-30)47-26-44(3)35-18-8-9-19-36(35)47/h6-25H,1-5H3. The van der Waals surface area contributed by atoms with Crippen molar-refractivity contribution >= 4 is 56.7 Å². The van der Waals surface area contributed by atoms with Gasteiger partial charge in [-0.1, -0.05) is 83.9 Å². The second-order valence-corrected chi connectivity index (χ2v) is 13.0. The van der Waals surface area contributed by atoms with E-state index in [1.165, 1.54) is 22.0 Å². The summed E-state index contributed by atoms with van der Waals surface area (Å²) in [6, 6.07) is 40.1. The molecule has 0 spiro atoms. The van der Waals surface area contributed by atoms with Crippen LogP contribution in [-0.4, -0.2) is 35.2 Å². The highest BCUT2D eigenvalue weighted by Gasteiger charge is 2.40. The molecule has 8 heteroatoms. The van der Waals surface area contributed by atoms with E-state index in [0.717, 1.165) is 61.8 Å². The number of hydrogen-bond donors (Lipinski definition) is 0. The second kappa shape index (κ2) is 11.0. The van der Waals surface area contributed by atoms with E-state index in [2.05, 4.69) is 150 Å². The first-order valence-electron chi connectivity index (χ1n) is 16.6. The normalized spacial score (nSPS) is 12.9. The minimum Gasteiger partial charge on any atom is -0.458 e. The minimum absolute atomic E-state index is 0.0896. The Balaban J connectivity index is 1.12. The van der Waals surface area contributed by atoms with Crippen LogP contribution in [0.15, 0.2) is 121 Å². The van der Waals surface area contributed by atoms with Gasteiger partial charge in [0.2, 0.25) is 6.33 Å². The number of nitrogens with zero attached hydrogens (tertiary/aromatic N) is 6. The summed E-state index contributed by atoms with van der Waals surface area (Å²) in [6.07, 6.45) is 5.44. The van der Waals surface area contributed by atoms with E-state index in [9.17, 15) is 0 Å². The Morgan fingerprint density at radius 1 is 0.673 bits per heavy atom. The van der Waals surface area contributed by atoms with E-state index >= 15 is 0 Å². The topological polar surface area (TPSA) is 42.3 Å². The number of hydrogen-bond acceptors (Lipinski definition) is 4. The lowest BCUT2D eigenvalue weighted by atomic mass is 9.62. The SMILES string of the molecule is Cc1cccc(C)c1B1N(C)c2cnc(-n3c4ccccc4c4ccc(Oc5cccc(-n6[c-][n+](C)c7ccccc76)c5)cc43)cc2N1C. The molecule has 49 heavy (non-hydrogen) atoms. The van der Waals surface area contributed by atoms with Crippen LogP contribution in [0.3, 0.4) is 0 Å². The monoisotopic (exact) mass is 638 g/mol. The lowest BCUT2D eigenvalue weighted by Crippen LogP contribution is -2.55. The summed E-state index contributed by atoms with van der Waals surface area (Å²) in [5.74, 6) is 2.38. The van der Waals surface area contributed by atoms with Crippen molar-refractivity contribution in [2.24, 2.45) is 7.05 Å². The van der Waals surface area contributed by atoms with Gasteiger partial charge in [-0.15, -0.1) is 0 Å². The van der Waals surface area contributed by atoms with Gasteiger partial charge >= 0.3 is 6.98 Å². The molecule has 8 aromatic rings. The zero-order valence-corrected chi connectivity index (χ0v) is 28.2. The number of aromatic nitrogens is 4. The van der Waals surface area contributed by atoms with E-state index in [1.54, 1.807) is 0 Å². The fourth-order valence-electron chi connectivity index (χ4n) is 7.72. The summed E-state index contributed by atoms with van der Waals surface area (Å²) >= 11 is 0. The van der Waals surface area contributed by atoms with Crippen LogP contribution < -0.4 is 24.4 Å². The smallest absolute Gasteiger partial charge is 0.411 e. The molecule has 0 N–H and O–H groups in total. The number of fused-ring (bicyclic) bond motifs is 5. The zero-order chi connectivity index (χ0) is 33.4. The Labute approximate surface area is 286 Å². The number of aryl methyl sites for hydroxylation is 3. The van der Waals surface area contributed by atoms with Crippen molar-refractivity contribution in [3.8, 4) is 23.0 Å². The number of imidazole rings is 1. The van der Waals surface area contributed by atoms with Crippen molar-refractivity contribution in [2.45, 2.75) is 13.8 Å². The summed E-state index contributed by atoms with van der Waals surface area (Å²) in [4.78, 5) is 9.79. The molecule has 0 radical (unpaired) electrons. The lowest BCUT2D eigenvalue weighted by molar-refractivity contribution is -0.649. The molecule has 0 saturated carbocycles. The molecular formula is C41H35BN6O. The predicted octanol–water partition coefficient (Wildman–Crippen LogP) is 7.44. The Kier molecular flexibility index (Phi) is 6.56. The van der Waals surface area contributed by atoms with E-state index in [-0.39, 0.29) is 6.98 Å². The van der Waals surface area contributed by atoms with Gasteiger partial charge < -0.3 is 23.5 Å². The van der Waals surface area contributed by atoms with Gasteiger partial charge in [0.15, 0.2) is 0 Å². The van der Waals surface area contributed by atoms with Crippen molar-refractivity contribution in [1.29, 1.82) is 0 Å². The molecule has 0 amide bonds. The average molecular weight is 639 g/mol. The van der Waals surface area contributed by atoms with Gasteiger partial charge in [0, 0.05) is 22.9 Å². The first kappa shape index (κ1) is 29.1. The highest BCUT2D eigenvalue weighted by Crippen LogP contribution is 2.40. The van der Waals surface area contributed by atoms with E-state index in [1.807, 2.05) is 36.0 Å². The molecule has 0 unspecified atom stereocenters. The third kappa shape index (κ3) is 4.51. The van der Waals surface area contributed by atoms with Crippen molar-refractivity contribution < 1.29 is 9.30 Å². The fraction of sp³-hybridized carbons (Fsp3) is 0.122. The van der Waals surface area contributed by atoms with Crippen molar-refractivity contribution in [3.05, 3.63) is 139 Å². The van der Waals surface area contributed by atoms with Gasteiger partial charge in [-0.25, -0.2) is 4.98 Å². The highest BCUT2D eigenvalue weighted by molar-refractivity contribution is 6.82. The lowest BCUT2D eigenvalue weighted by Gasteiger charge is -2.26. The van der Waals surface area contributed by atoms with E-state index in [0.29, 0.717) is 0 Å². The Bertz CT molecular complexity index is 2570. The first-order chi connectivity index (χ1) is 23.9. The number of anilines is 2. The van der Waals surface area contributed by atoms with Gasteiger partial charge in [0.25, 0.3) is 0 Å². The van der Waals surface area contributed by atoms with Gasteiger partial charge in [0.1, 0.15) is 17.3 Å². The Morgan fingerprint density at radius 3 is 2.20 bits per heavy atom. The van der Waals surface area contributed by atoms with E-state index in [4.69, 9.17) is 9.72 Å². The third-order valence-electron chi connectivity index (χ3n) is 10.1. The Morgan fingerprint density at radius 2 is 1.37 bits per heavy atom. The molecule has 1 aliphatic heterocycles. The van der Waals surface area contributed by atoms with Crippen molar-refractivity contribution in [1.82, 2.24) is 14.1 Å². The molecule has 1 aliphatic rings. The number of benzene rings is 5. The van der Waals surface area contributed by atoms with Gasteiger partial charge in [-0.2, -0.15) is 0 Å². The van der Waals surface area contributed by atoms with Crippen LogP contribution in [0.25, 0.3) is 44.3 Å². The van der Waals surface area contributed by atoms with Gasteiger partial charge in [-0.05, 0) is 63.7 Å². The zero-order valence-electron chi connectivity index (χ0n) is 28.2. The molecule has 0 saturated heterocycles. The van der Waals surface area contributed by atoms with Crippen molar-refractivity contribution in [3.63, 3.8) is 0 Å². The molecule has 9 rings (SSSR count). The molecule has 0 bridgehead atoms. The van der Waals surface area contributed by atoms with Gasteiger partial charge in [-0.3, -0.25) is 4.57 Å². The first-order valence-corrected chi connectivity index (χ1v) is 16.6. The number of rotatable bonds is 5. The predicted molar refractivity (Wildman–Crippen MR) is 200 cm³/mol. The van der Waals surface area contributed by atoms with Crippen LogP contribution in [0.1, 0.15) is 11.1 Å². The second-order valence-electron chi connectivity index (χ2n) is 13.0.